The minimum Gasteiger partial charge on any atom is -0.490 e. The van der Waals surface area contributed by atoms with Gasteiger partial charge in [-0.15, -0.1) is 0 Å². The number of hydrogen-bond acceptors (Lipinski definition) is 6. The number of carbonyl (C=O) groups excluding carboxylic acids is 1. The van der Waals surface area contributed by atoms with Crippen LogP contribution < -0.4 is 19.5 Å². The van der Waals surface area contributed by atoms with Crippen molar-refractivity contribution in [2.45, 2.75) is 33.1 Å². The minimum absolute atomic E-state index is 0.109. The summed E-state index contributed by atoms with van der Waals surface area (Å²) >= 11 is 1.31. The molecule has 1 amide bonds. The Morgan fingerprint density at radius 3 is 2.32 bits per heavy atom. The van der Waals surface area contributed by atoms with Gasteiger partial charge in [-0.1, -0.05) is 57.2 Å². The number of ether oxygens (including phenoxy) is 3. The molecule has 37 heavy (non-hydrogen) atoms. The average Bonchev–Trinajstić information content (AvgIpc) is 3.21. The summed E-state index contributed by atoms with van der Waals surface area (Å²) < 4.78 is 17.6. The highest BCUT2D eigenvalue weighted by molar-refractivity contribution is 8.18. The first-order chi connectivity index (χ1) is 17.8. The number of hydrogen-bond donors (Lipinski definition) is 1. The quantitative estimate of drug-likeness (QED) is 0.252. The van der Waals surface area contributed by atoms with Crippen LogP contribution in [0.5, 0.6) is 17.2 Å². The summed E-state index contributed by atoms with van der Waals surface area (Å²) in [5.74, 6) is 1.88. The lowest BCUT2D eigenvalue weighted by molar-refractivity contribution is -0.115. The van der Waals surface area contributed by atoms with Crippen LogP contribution in [-0.4, -0.2) is 30.9 Å². The van der Waals surface area contributed by atoms with Crippen LogP contribution in [0.25, 0.3) is 6.08 Å². The lowest BCUT2D eigenvalue weighted by atomic mass is 9.87. The number of nitrogens with one attached hydrogen (secondary N) is 1. The first-order valence-corrected chi connectivity index (χ1v) is 13.1. The summed E-state index contributed by atoms with van der Waals surface area (Å²) in [4.78, 5) is 17.5. The van der Waals surface area contributed by atoms with Gasteiger partial charge in [-0.2, -0.15) is 0 Å². The molecule has 0 aliphatic carbocycles. The van der Waals surface area contributed by atoms with Crippen molar-refractivity contribution in [1.29, 1.82) is 0 Å². The Balaban J connectivity index is 1.37. The van der Waals surface area contributed by atoms with E-state index in [2.05, 4.69) is 43.2 Å². The summed E-state index contributed by atoms with van der Waals surface area (Å²) in [7, 11) is 0. The third-order valence-electron chi connectivity index (χ3n) is 5.53. The molecular weight excluding hydrogens is 484 g/mol. The van der Waals surface area contributed by atoms with Crippen molar-refractivity contribution in [3.8, 4) is 17.2 Å². The van der Waals surface area contributed by atoms with E-state index >= 15 is 0 Å². The highest BCUT2D eigenvalue weighted by atomic mass is 32.2. The molecule has 1 aliphatic heterocycles. The Morgan fingerprint density at radius 1 is 0.892 bits per heavy atom. The summed E-state index contributed by atoms with van der Waals surface area (Å²) in [5, 5.41) is 3.37. The number of carbonyl (C=O) groups is 1. The van der Waals surface area contributed by atoms with Gasteiger partial charge in [0.25, 0.3) is 5.91 Å². The second-order valence-corrected chi connectivity index (χ2v) is 10.5. The van der Waals surface area contributed by atoms with Gasteiger partial charge >= 0.3 is 0 Å². The largest absolute Gasteiger partial charge is 0.490 e. The number of benzene rings is 3. The Labute approximate surface area is 222 Å². The van der Waals surface area contributed by atoms with Gasteiger partial charge in [0.2, 0.25) is 0 Å². The topological polar surface area (TPSA) is 69.2 Å². The fourth-order valence-corrected chi connectivity index (χ4v) is 4.46. The van der Waals surface area contributed by atoms with Crippen molar-refractivity contribution in [3.05, 3.63) is 88.8 Å². The average molecular weight is 517 g/mol. The van der Waals surface area contributed by atoms with Crippen molar-refractivity contribution in [3.63, 3.8) is 0 Å². The van der Waals surface area contributed by atoms with Crippen LogP contribution in [0.4, 0.5) is 5.69 Å². The molecule has 1 heterocycles. The van der Waals surface area contributed by atoms with Gasteiger partial charge in [0.1, 0.15) is 19.0 Å². The zero-order valence-corrected chi connectivity index (χ0v) is 22.4. The smallest absolute Gasteiger partial charge is 0.264 e. The van der Waals surface area contributed by atoms with Gasteiger partial charge in [0, 0.05) is 0 Å². The molecule has 1 N–H and O–H groups in total. The fourth-order valence-electron chi connectivity index (χ4n) is 3.62. The summed E-state index contributed by atoms with van der Waals surface area (Å²) in [6.07, 6.45) is 1.82. The van der Waals surface area contributed by atoms with Crippen LogP contribution >= 0.6 is 11.8 Å². The number of amides is 1. The summed E-state index contributed by atoms with van der Waals surface area (Å²) in [6, 6.07) is 23.3. The Bertz CT molecular complexity index is 1280. The molecule has 0 bridgehead atoms. The van der Waals surface area contributed by atoms with Gasteiger partial charge in [-0.3, -0.25) is 4.79 Å². The van der Waals surface area contributed by atoms with Crippen LogP contribution in [0, 0.1) is 0 Å². The molecule has 0 unspecified atom stereocenters. The van der Waals surface area contributed by atoms with Crippen LogP contribution in [0.2, 0.25) is 0 Å². The summed E-state index contributed by atoms with van der Waals surface area (Å²) in [6.45, 7) is 9.77. The predicted molar refractivity (Wildman–Crippen MR) is 151 cm³/mol. The maximum Gasteiger partial charge on any atom is 0.264 e. The second kappa shape index (κ2) is 12.0. The van der Waals surface area contributed by atoms with E-state index in [-0.39, 0.29) is 11.3 Å². The molecule has 1 aliphatic rings. The highest BCUT2D eigenvalue weighted by Crippen LogP contribution is 2.32. The van der Waals surface area contributed by atoms with Gasteiger partial charge in [0.15, 0.2) is 16.7 Å². The summed E-state index contributed by atoms with van der Waals surface area (Å²) in [5.41, 5.74) is 3.00. The third-order valence-corrected chi connectivity index (χ3v) is 6.44. The van der Waals surface area contributed by atoms with Crippen molar-refractivity contribution >= 4 is 34.6 Å². The van der Waals surface area contributed by atoms with Crippen molar-refractivity contribution < 1.29 is 19.0 Å². The van der Waals surface area contributed by atoms with Crippen molar-refractivity contribution in [1.82, 2.24) is 5.32 Å². The molecule has 3 aromatic rings. The molecule has 6 nitrogen and oxygen atoms in total. The molecule has 4 rings (SSSR count). The van der Waals surface area contributed by atoms with E-state index in [1.807, 2.05) is 73.7 Å². The van der Waals surface area contributed by atoms with E-state index in [0.29, 0.717) is 41.4 Å². The molecule has 3 aromatic carbocycles. The van der Waals surface area contributed by atoms with Gasteiger partial charge in [-0.05, 0) is 77.7 Å². The molecule has 192 valence electrons. The maximum absolute atomic E-state index is 12.5. The van der Waals surface area contributed by atoms with Gasteiger partial charge in [0.05, 0.1) is 17.2 Å². The van der Waals surface area contributed by atoms with Crippen LogP contribution in [0.1, 0.15) is 38.8 Å². The first kappa shape index (κ1) is 26.4. The van der Waals surface area contributed by atoms with Crippen LogP contribution in [0.3, 0.4) is 0 Å². The molecule has 0 atom stereocenters. The van der Waals surface area contributed by atoms with E-state index in [0.717, 1.165) is 17.0 Å². The maximum atomic E-state index is 12.5. The van der Waals surface area contributed by atoms with Gasteiger partial charge < -0.3 is 19.5 Å². The Kier molecular flexibility index (Phi) is 8.56. The van der Waals surface area contributed by atoms with Crippen LogP contribution in [0.15, 0.2) is 82.7 Å². The van der Waals surface area contributed by atoms with Crippen LogP contribution in [-0.2, 0) is 10.2 Å². The fraction of sp³-hybridized carbons (Fsp3) is 0.267. The van der Waals surface area contributed by atoms with E-state index in [1.54, 1.807) is 0 Å². The minimum atomic E-state index is -0.175. The number of thioether (sulfide) groups is 1. The van der Waals surface area contributed by atoms with E-state index in [9.17, 15) is 4.79 Å². The molecular formula is C30H32N2O4S. The SMILES string of the molecule is CCOc1cc(/C=C2/SC(=Nc3ccccc3)NC2=O)ccc1OCCOc1ccc(C(C)(C)C)cc1. The Hall–Kier alpha value is -3.71. The molecule has 0 aromatic heterocycles. The molecule has 0 radical (unpaired) electrons. The molecule has 1 fully saturated rings. The molecule has 0 saturated carbocycles. The zero-order valence-electron chi connectivity index (χ0n) is 21.6. The lowest BCUT2D eigenvalue weighted by Crippen LogP contribution is -2.19. The molecule has 0 spiro atoms. The van der Waals surface area contributed by atoms with Gasteiger partial charge in [-0.25, -0.2) is 4.99 Å². The van der Waals surface area contributed by atoms with E-state index in [4.69, 9.17) is 14.2 Å². The molecule has 7 heteroatoms. The number of aliphatic imine (C=N–C) groups is 1. The van der Waals surface area contributed by atoms with Crippen molar-refractivity contribution in [2.24, 2.45) is 4.99 Å². The van der Waals surface area contributed by atoms with Crippen molar-refractivity contribution in [2.75, 3.05) is 19.8 Å². The predicted octanol–water partition coefficient (Wildman–Crippen LogP) is 6.73. The Morgan fingerprint density at radius 2 is 1.62 bits per heavy atom. The lowest BCUT2D eigenvalue weighted by Gasteiger charge is -2.19. The van der Waals surface area contributed by atoms with E-state index in [1.165, 1.54) is 17.3 Å². The number of rotatable bonds is 9. The number of para-hydroxylation sites is 1. The standard InChI is InChI=1S/C30H32N2O4S/c1-5-34-26-19-21(20-27-28(33)32-29(37-27)31-23-9-7-6-8-10-23)11-16-25(26)36-18-17-35-24-14-12-22(13-15-24)30(2,3)4/h6-16,19-20H,5,17-18H2,1-4H3,(H,31,32,33)/b27-20+. The van der Waals surface area contributed by atoms with E-state index < -0.39 is 0 Å². The monoisotopic (exact) mass is 516 g/mol. The number of amidine groups is 1. The normalized spacial score (nSPS) is 15.6. The molecule has 1 saturated heterocycles. The second-order valence-electron chi connectivity index (χ2n) is 9.43. The zero-order chi connectivity index (χ0) is 26.3. The highest BCUT2D eigenvalue weighted by Gasteiger charge is 2.24. The first-order valence-electron chi connectivity index (χ1n) is 12.3. The third kappa shape index (κ3) is 7.40. The number of nitrogens with zero attached hydrogens (tertiary/aromatic N) is 1.